The Labute approximate surface area is 156 Å². The minimum Gasteiger partial charge on any atom is -0.459 e. The van der Waals surface area contributed by atoms with Gasteiger partial charge in [0.2, 0.25) is 0 Å². The van der Waals surface area contributed by atoms with Crippen LogP contribution in [0, 0.1) is 0 Å². The van der Waals surface area contributed by atoms with Crippen molar-refractivity contribution in [3.8, 4) is 0 Å². The molecule has 1 saturated heterocycles. The summed E-state index contributed by atoms with van der Waals surface area (Å²) in [5.74, 6) is -0.188. The Kier molecular flexibility index (Phi) is 5.44. The zero-order valence-electron chi connectivity index (χ0n) is 15.8. The molecule has 1 heterocycles. The molecule has 0 aromatic heterocycles. The summed E-state index contributed by atoms with van der Waals surface area (Å²) in [4.78, 5) is 13.1. The Morgan fingerprint density at radius 3 is 2.00 bits per heavy atom. The molecule has 4 heteroatoms. The maximum atomic E-state index is 13.1. The molecule has 0 saturated carbocycles. The number of carbonyl (C=O) groups is 1. The van der Waals surface area contributed by atoms with E-state index in [1.165, 1.54) is 0 Å². The van der Waals surface area contributed by atoms with Crippen molar-refractivity contribution in [1.82, 2.24) is 10.6 Å². The largest absolute Gasteiger partial charge is 0.459 e. The highest BCUT2D eigenvalue weighted by Crippen LogP contribution is 2.29. The fourth-order valence-corrected chi connectivity index (χ4v) is 3.35. The van der Waals surface area contributed by atoms with E-state index in [0.29, 0.717) is 13.0 Å². The van der Waals surface area contributed by atoms with E-state index in [1.807, 2.05) is 57.2 Å². The molecule has 0 amide bonds. The summed E-state index contributed by atoms with van der Waals surface area (Å²) in [6.45, 7) is 7.09. The molecule has 0 radical (unpaired) electrons. The maximum Gasteiger partial charge on any atom is 0.328 e. The van der Waals surface area contributed by atoms with Gasteiger partial charge in [-0.3, -0.25) is 5.32 Å². The molecule has 1 atom stereocenters. The Bertz CT molecular complexity index is 677. The Balaban J connectivity index is 1.94. The first kappa shape index (κ1) is 18.6. The van der Waals surface area contributed by atoms with E-state index in [0.717, 1.165) is 17.7 Å². The second-order valence-corrected chi connectivity index (χ2v) is 7.91. The lowest BCUT2D eigenvalue weighted by molar-refractivity contribution is -0.162. The van der Waals surface area contributed by atoms with Gasteiger partial charge in [-0.25, -0.2) is 4.79 Å². The van der Waals surface area contributed by atoms with Gasteiger partial charge in [-0.1, -0.05) is 60.7 Å². The fraction of sp³-hybridized carbons (Fsp3) is 0.409. The van der Waals surface area contributed by atoms with Crippen molar-refractivity contribution in [2.45, 2.75) is 44.4 Å². The highest BCUT2D eigenvalue weighted by molar-refractivity contribution is 5.82. The van der Waals surface area contributed by atoms with Crippen molar-refractivity contribution in [3.05, 3.63) is 71.8 Å². The minimum atomic E-state index is -0.733. The van der Waals surface area contributed by atoms with Crippen LogP contribution in [0.1, 0.15) is 44.4 Å². The standard InChI is InChI=1S/C22H28N2O2/c1-21(2,3)26-20(25)22(14-15-23-16-22)24-19(17-10-6-4-7-11-17)18-12-8-5-9-13-18/h4-13,19,23-24H,14-16H2,1-3H3. The third-order valence-corrected chi connectivity index (χ3v) is 4.63. The Morgan fingerprint density at radius 1 is 1.04 bits per heavy atom. The molecule has 4 nitrogen and oxygen atoms in total. The van der Waals surface area contributed by atoms with Crippen molar-refractivity contribution in [2.75, 3.05) is 13.1 Å². The van der Waals surface area contributed by atoms with Crippen LogP contribution in [0.3, 0.4) is 0 Å². The van der Waals surface area contributed by atoms with E-state index >= 15 is 0 Å². The fourth-order valence-electron chi connectivity index (χ4n) is 3.35. The zero-order valence-corrected chi connectivity index (χ0v) is 15.8. The number of hydrogen-bond acceptors (Lipinski definition) is 4. The predicted octanol–water partition coefficient (Wildman–Crippen LogP) is 3.44. The van der Waals surface area contributed by atoms with Crippen LogP contribution in [0.5, 0.6) is 0 Å². The lowest BCUT2D eigenvalue weighted by Crippen LogP contribution is -2.57. The molecule has 1 aliphatic rings. The average molecular weight is 352 g/mol. The molecular formula is C22H28N2O2. The summed E-state index contributed by atoms with van der Waals surface area (Å²) in [6.07, 6.45) is 0.706. The summed E-state index contributed by atoms with van der Waals surface area (Å²) < 4.78 is 5.76. The molecule has 138 valence electrons. The Morgan fingerprint density at radius 2 is 1.58 bits per heavy atom. The van der Waals surface area contributed by atoms with Gasteiger partial charge in [0.1, 0.15) is 11.1 Å². The molecule has 1 aliphatic heterocycles. The molecule has 3 rings (SSSR count). The van der Waals surface area contributed by atoms with Gasteiger partial charge < -0.3 is 10.1 Å². The van der Waals surface area contributed by atoms with Crippen molar-refractivity contribution in [1.29, 1.82) is 0 Å². The SMILES string of the molecule is CC(C)(C)OC(=O)C1(NC(c2ccccc2)c2ccccc2)CCNC1. The normalized spacial score (nSPS) is 20.3. The lowest BCUT2D eigenvalue weighted by Gasteiger charge is -2.35. The number of rotatable bonds is 5. The first-order chi connectivity index (χ1) is 12.4. The molecular weight excluding hydrogens is 324 g/mol. The van der Waals surface area contributed by atoms with Gasteiger partial charge in [0, 0.05) is 6.54 Å². The lowest BCUT2D eigenvalue weighted by atomic mass is 9.91. The molecule has 26 heavy (non-hydrogen) atoms. The summed E-state index contributed by atoms with van der Waals surface area (Å²) in [5.41, 5.74) is 1.02. The number of hydrogen-bond donors (Lipinski definition) is 2. The molecule has 0 bridgehead atoms. The first-order valence-corrected chi connectivity index (χ1v) is 9.21. The molecule has 1 unspecified atom stereocenters. The van der Waals surface area contributed by atoms with Crippen molar-refractivity contribution in [3.63, 3.8) is 0 Å². The molecule has 2 aromatic carbocycles. The summed E-state index contributed by atoms with van der Waals surface area (Å²) >= 11 is 0. The second kappa shape index (κ2) is 7.60. The predicted molar refractivity (Wildman–Crippen MR) is 104 cm³/mol. The number of benzene rings is 2. The Hall–Kier alpha value is -2.17. The van der Waals surface area contributed by atoms with Gasteiger partial charge in [0.05, 0.1) is 6.04 Å². The highest BCUT2D eigenvalue weighted by atomic mass is 16.6. The third kappa shape index (κ3) is 4.32. The van der Waals surface area contributed by atoms with E-state index in [9.17, 15) is 4.79 Å². The van der Waals surface area contributed by atoms with Crippen LogP contribution in [0.2, 0.25) is 0 Å². The van der Waals surface area contributed by atoms with Crippen LogP contribution in [-0.4, -0.2) is 30.2 Å². The van der Waals surface area contributed by atoms with Crippen LogP contribution < -0.4 is 10.6 Å². The molecule has 2 N–H and O–H groups in total. The van der Waals surface area contributed by atoms with Crippen molar-refractivity contribution < 1.29 is 9.53 Å². The monoisotopic (exact) mass is 352 g/mol. The number of carbonyl (C=O) groups excluding carboxylic acids is 1. The van der Waals surface area contributed by atoms with Crippen LogP contribution in [-0.2, 0) is 9.53 Å². The van der Waals surface area contributed by atoms with Gasteiger partial charge >= 0.3 is 5.97 Å². The van der Waals surface area contributed by atoms with E-state index in [-0.39, 0.29) is 12.0 Å². The number of ether oxygens (including phenoxy) is 1. The third-order valence-electron chi connectivity index (χ3n) is 4.63. The second-order valence-electron chi connectivity index (χ2n) is 7.91. The summed E-state index contributed by atoms with van der Waals surface area (Å²) in [5, 5.41) is 6.97. The average Bonchev–Trinajstić information content (AvgIpc) is 3.10. The van der Waals surface area contributed by atoms with E-state index in [2.05, 4.69) is 34.9 Å². The van der Waals surface area contributed by atoms with Crippen LogP contribution in [0.15, 0.2) is 60.7 Å². The maximum absolute atomic E-state index is 13.1. The molecule has 0 spiro atoms. The number of esters is 1. The van der Waals surface area contributed by atoms with Crippen LogP contribution in [0.4, 0.5) is 0 Å². The van der Waals surface area contributed by atoms with Gasteiger partial charge in [-0.15, -0.1) is 0 Å². The molecule has 2 aromatic rings. The quantitative estimate of drug-likeness (QED) is 0.810. The van der Waals surface area contributed by atoms with E-state index in [1.54, 1.807) is 0 Å². The van der Waals surface area contributed by atoms with Gasteiger partial charge in [0.25, 0.3) is 0 Å². The number of nitrogens with one attached hydrogen (secondary N) is 2. The molecule has 0 aliphatic carbocycles. The summed E-state index contributed by atoms with van der Waals surface area (Å²) in [6, 6.07) is 20.4. The molecule has 1 fully saturated rings. The summed E-state index contributed by atoms with van der Waals surface area (Å²) in [7, 11) is 0. The van der Waals surface area contributed by atoms with E-state index in [4.69, 9.17) is 4.74 Å². The zero-order chi connectivity index (χ0) is 18.6. The topological polar surface area (TPSA) is 50.4 Å². The first-order valence-electron chi connectivity index (χ1n) is 9.21. The van der Waals surface area contributed by atoms with Crippen LogP contribution in [0.25, 0.3) is 0 Å². The highest BCUT2D eigenvalue weighted by Gasteiger charge is 2.45. The van der Waals surface area contributed by atoms with Gasteiger partial charge in [-0.2, -0.15) is 0 Å². The van der Waals surface area contributed by atoms with Crippen molar-refractivity contribution in [2.24, 2.45) is 0 Å². The van der Waals surface area contributed by atoms with Crippen molar-refractivity contribution >= 4 is 5.97 Å². The smallest absolute Gasteiger partial charge is 0.328 e. The minimum absolute atomic E-state index is 0.0789. The van der Waals surface area contributed by atoms with Crippen LogP contribution >= 0.6 is 0 Å². The van der Waals surface area contributed by atoms with Gasteiger partial charge in [-0.05, 0) is 44.9 Å². The van der Waals surface area contributed by atoms with Gasteiger partial charge in [0.15, 0.2) is 0 Å². The van der Waals surface area contributed by atoms with E-state index < -0.39 is 11.1 Å².